The molecule has 4 rings (SSSR count). The molecule has 0 saturated heterocycles. The molecule has 4 aromatic rings. The number of pyridine rings is 2. The number of anilines is 1. The van der Waals surface area contributed by atoms with Crippen LogP contribution in [0.25, 0.3) is 27.8 Å². The molecule has 7 heteroatoms. The van der Waals surface area contributed by atoms with Gasteiger partial charge in [-0.3, -0.25) is 9.78 Å². The normalized spacial score (nSPS) is 10.9. The van der Waals surface area contributed by atoms with E-state index in [1.165, 1.54) is 4.90 Å². The highest BCUT2D eigenvalue weighted by atomic mass is 16.2. The van der Waals surface area contributed by atoms with Gasteiger partial charge in [0, 0.05) is 37.4 Å². The fourth-order valence-corrected chi connectivity index (χ4v) is 2.89. The lowest BCUT2D eigenvalue weighted by atomic mass is 10.1. The summed E-state index contributed by atoms with van der Waals surface area (Å²) in [6.45, 7) is 0. The van der Waals surface area contributed by atoms with Gasteiger partial charge in [0.1, 0.15) is 5.69 Å². The van der Waals surface area contributed by atoms with Crippen molar-refractivity contribution in [2.75, 3.05) is 19.8 Å². The van der Waals surface area contributed by atoms with Crippen molar-refractivity contribution >= 4 is 22.5 Å². The fraction of sp³-hybridized carbons (Fsp3) is 0.100. The van der Waals surface area contributed by atoms with Crippen LogP contribution in [0.5, 0.6) is 0 Å². The minimum Gasteiger partial charge on any atom is -0.397 e. The Kier molecular flexibility index (Phi) is 4.04. The van der Waals surface area contributed by atoms with E-state index in [9.17, 15) is 4.79 Å². The average molecular weight is 358 g/mol. The Balaban J connectivity index is 1.82. The lowest BCUT2D eigenvalue weighted by Crippen LogP contribution is -2.23. The Bertz CT molecular complexity index is 1150. The van der Waals surface area contributed by atoms with Crippen LogP contribution in [0.15, 0.2) is 61.1 Å². The quantitative estimate of drug-likeness (QED) is 0.608. The molecule has 0 atom stereocenters. The van der Waals surface area contributed by atoms with E-state index in [0.717, 1.165) is 22.0 Å². The zero-order valence-corrected chi connectivity index (χ0v) is 15.0. The molecule has 3 aromatic heterocycles. The molecule has 27 heavy (non-hydrogen) atoms. The van der Waals surface area contributed by atoms with Crippen LogP contribution in [0.1, 0.15) is 10.5 Å². The first kappa shape index (κ1) is 16.7. The molecule has 1 aromatic carbocycles. The smallest absolute Gasteiger partial charge is 0.272 e. The molecule has 0 aliphatic heterocycles. The van der Waals surface area contributed by atoms with E-state index in [1.807, 2.05) is 30.3 Å². The van der Waals surface area contributed by atoms with Gasteiger partial charge in [0.2, 0.25) is 0 Å². The third kappa shape index (κ3) is 3.10. The number of nitrogens with zero attached hydrogens (tertiary/aromatic N) is 5. The largest absolute Gasteiger partial charge is 0.397 e. The first-order chi connectivity index (χ1) is 13.0. The number of carbonyl (C=O) groups is 1. The van der Waals surface area contributed by atoms with Gasteiger partial charge in [0.05, 0.1) is 17.4 Å². The van der Waals surface area contributed by atoms with Gasteiger partial charge in [-0.05, 0) is 29.8 Å². The SMILES string of the molecule is CN(C)C(=O)c1cccc(-n2ncc3ccc(-c4cncc(N)c4)cc32)n1. The van der Waals surface area contributed by atoms with E-state index >= 15 is 0 Å². The van der Waals surface area contributed by atoms with Gasteiger partial charge in [0.25, 0.3) is 5.91 Å². The van der Waals surface area contributed by atoms with E-state index < -0.39 is 0 Å². The van der Waals surface area contributed by atoms with Gasteiger partial charge in [-0.1, -0.05) is 18.2 Å². The lowest BCUT2D eigenvalue weighted by Gasteiger charge is -2.11. The Morgan fingerprint density at radius 1 is 1.04 bits per heavy atom. The molecule has 1 amide bonds. The van der Waals surface area contributed by atoms with E-state index in [4.69, 9.17) is 5.73 Å². The molecular formula is C20H18N6O. The molecule has 0 saturated carbocycles. The first-order valence-corrected chi connectivity index (χ1v) is 8.41. The summed E-state index contributed by atoms with van der Waals surface area (Å²) in [7, 11) is 3.40. The third-order valence-electron chi connectivity index (χ3n) is 4.24. The maximum Gasteiger partial charge on any atom is 0.272 e. The summed E-state index contributed by atoms with van der Waals surface area (Å²) in [5, 5.41) is 5.43. The maximum absolute atomic E-state index is 12.2. The Hall–Kier alpha value is -3.74. The monoisotopic (exact) mass is 358 g/mol. The number of nitrogens with two attached hydrogens (primary N) is 1. The second kappa shape index (κ2) is 6.53. The zero-order valence-electron chi connectivity index (χ0n) is 15.0. The molecule has 3 heterocycles. The number of hydrogen-bond donors (Lipinski definition) is 1. The lowest BCUT2D eigenvalue weighted by molar-refractivity contribution is 0.0822. The van der Waals surface area contributed by atoms with Gasteiger partial charge >= 0.3 is 0 Å². The molecule has 0 radical (unpaired) electrons. The highest BCUT2D eigenvalue weighted by Gasteiger charge is 2.13. The molecule has 0 bridgehead atoms. The Morgan fingerprint density at radius 3 is 2.67 bits per heavy atom. The van der Waals surface area contributed by atoms with Crippen molar-refractivity contribution in [1.29, 1.82) is 0 Å². The van der Waals surface area contributed by atoms with Crippen LogP contribution in [0.4, 0.5) is 5.69 Å². The van der Waals surface area contributed by atoms with E-state index in [-0.39, 0.29) is 5.91 Å². The van der Waals surface area contributed by atoms with Gasteiger partial charge in [-0.2, -0.15) is 5.10 Å². The molecule has 0 aliphatic carbocycles. The summed E-state index contributed by atoms with van der Waals surface area (Å²) >= 11 is 0. The standard InChI is InChI=1S/C20H18N6O/c1-25(2)20(27)17-4-3-5-19(24-17)26-18-9-13(6-7-14(18)11-23-26)15-8-16(21)12-22-10-15/h3-12H,21H2,1-2H3. The summed E-state index contributed by atoms with van der Waals surface area (Å²) in [6, 6.07) is 13.2. The maximum atomic E-state index is 12.2. The number of rotatable bonds is 3. The van der Waals surface area contributed by atoms with Crippen molar-refractivity contribution < 1.29 is 4.79 Å². The molecule has 0 aliphatic rings. The number of fused-ring (bicyclic) bond motifs is 1. The number of nitrogen functional groups attached to an aromatic ring is 1. The topological polar surface area (TPSA) is 89.9 Å². The average Bonchev–Trinajstić information content (AvgIpc) is 3.10. The summed E-state index contributed by atoms with van der Waals surface area (Å²) in [5.74, 6) is 0.431. The molecule has 0 fully saturated rings. The highest BCUT2D eigenvalue weighted by molar-refractivity contribution is 5.92. The number of carbonyl (C=O) groups excluding carboxylic acids is 1. The number of benzene rings is 1. The Labute approximate surface area is 156 Å². The number of amides is 1. The van der Waals surface area contributed by atoms with Crippen LogP contribution in [-0.4, -0.2) is 44.7 Å². The fourth-order valence-electron chi connectivity index (χ4n) is 2.89. The predicted molar refractivity (Wildman–Crippen MR) is 105 cm³/mol. The predicted octanol–water partition coefficient (Wildman–Crippen LogP) is 2.77. The molecule has 2 N–H and O–H groups in total. The number of aromatic nitrogens is 4. The first-order valence-electron chi connectivity index (χ1n) is 8.41. The minimum atomic E-state index is -0.153. The van der Waals surface area contributed by atoms with Crippen molar-refractivity contribution in [1.82, 2.24) is 24.6 Å². The van der Waals surface area contributed by atoms with Crippen LogP contribution >= 0.6 is 0 Å². The summed E-state index contributed by atoms with van der Waals surface area (Å²) in [4.78, 5) is 22.3. The van der Waals surface area contributed by atoms with Crippen LogP contribution in [0.3, 0.4) is 0 Å². The third-order valence-corrected chi connectivity index (χ3v) is 4.24. The van der Waals surface area contributed by atoms with Crippen molar-refractivity contribution in [3.8, 4) is 16.9 Å². The van der Waals surface area contributed by atoms with Gasteiger partial charge in [-0.15, -0.1) is 0 Å². The molecule has 134 valence electrons. The van der Waals surface area contributed by atoms with Gasteiger partial charge < -0.3 is 10.6 Å². The molecular weight excluding hydrogens is 340 g/mol. The second-order valence-corrected chi connectivity index (χ2v) is 6.42. The zero-order chi connectivity index (χ0) is 19.0. The van der Waals surface area contributed by atoms with E-state index in [1.54, 1.807) is 49.5 Å². The molecule has 0 unspecified atom stereocenters. The van der Waals surface area contributed by atoms with Crippen molar-refractivity contribution in [3.05, 3.63) is 66.7 Å². The van der Waals surface area contributed by atoms with Crippen LogP contribution in [0, 0.1) is 0 Å². The number of hydrogen-bond acceptors (Lipinski definition) is 5. The highest BCUT2D eigenvalue weighted by Crippen LogP contribution is 2.26. The Morgan fingerprint density at radius 2 is 1.89 bits per heavy atom. The summed E-state index contributed by atoms with van der Waals surface area (Å²) < 4.78 is 1.73. The van der Waals surface area contributed by atoms with Crippen molar-refractivity contribution in [3.63, 3.8) is 0 Å². The van der Waals surface area contributed by atoms with Crippen molar-refractivity contribution in [2.24, 2.45) is 0 Å². The van der Waals surface area contributed by atoms with Crippen LogP contribution in [0.2, 0.25) is 0 Å². The minimum absolute atomic E-state index is 0.153. The van der Waals surface area contributed by atoms with Crippen LogP contribution < -0.4 is 5.73 Å². The summed E-state index contributed by atoms with van der Waals surface area (Å²) in [6.07, 6.45) is 5.16. The molecule has 0 spiro atoms. The van der Waals surface area contributed by atoms with Crippen molar-refractivity contribution in [2.45, 2.75) is 0 Å². The van der Waals surface area contributed by atoms with Gasteiger partial charge in [-0.25, -0.2) is 9.67 Å². The van der Waals surface area contributed by atoms with E-state index in [2.05, 4.69) is 15.1 Å². The van der Waals surface area contributed by atoms with Crippen LogP contribution in [-0.2, 0) is 0 Å². The molecule has 7 nitrogen and oxygen atoms in total. The second-order valence-electron chi connectivity index (χ2n) is 6.42. The summed E-state index contributed by atoms with van der Waals surface area (Å²) in [5.41, 5.74) is 9.62. The van der Waals surface area contributed by atoms with E-state index in [0.29, 0.717) is 17.2 Å². The van der Waals surface area contributed by atoms with Gasteiger partial charge in [0.15, 0.2) is 5.82 Å².